The van der Waals surface area contributed by atoms with Gasteiger partial charge in [0.1, 0.15) is 11.3 Å². The molecule has 0 amide bonds. The van der Waals surface area contributed by atoms with Crippen LogP contribution in [0.15, 0.2) is 168 Å². The van der Waals surface area contributed by atoms with Crippen molar-refractivity contribution in [1.82, 2.24) is 14.5 Å². The SMILES string of the molecule is CC(C)c1cc(-c2ccc(-c3ccccc3)cc2)cc(C(C)C)c1-n1c(-c2[c-]ccc3c2oc2cc(C(C)(C)F)ccc23)nc2ccccc21.Fc1c[c-]c(-c2ccccn2)cc1.[Ir]. The maximum atomic E-state index is 15.0. The van der Waals surface area contributed by atoms with Crippen LogP contribution in [0.3, 0.4) is 0 Å². The Kier molecular flexibility index (Phi) is 12.6. The van der Waals surface area contributed by atoms with Crippen LogP contribution in [0.4, 0.5) is 8.78 Å². The molecule has 0 aliphatic rings. The molecule has 0 aliphatic heterocycles. The standard InChI is InChI=1S/C46H40FN2O.C11H7FN.Ir/c1-28(2)38-25-33(32-21-19-31(20-22-32)30-13-8-7-9-14-30)26-39(29(3)4)43(38)49-41-18-11-10-17-40(41)48-45(49)37-16-12-15-36-35-24-23-34(46(5,6)47)27-42(35)50-44(36)37;12-10-6-4-9(5-7-10)11-3-1-2-8-13-11;/h7-15,17-29H,1-6H3;1-4,6-8H;/q2*-1;. The fourth-order valence-electron chi connectivity index (χ4n) is 8.26. The van der Waals surface area contributed by atoms with Crippen molar-refractivity contribution in [3.63, 3.8) is 0 Å². The predicted octanol–water partition coefficient (Wildman–Crippen LogP) is 15.9. The number of halogens is 2. The van der Waals surface area contributed by atoms with Crippen LogP contribution in [0.25, 0.3) is 83.6 Å². The molecule has 1 radical (unpaired) electrons. The molecule has 0 unspecified atom stereocenters. The van der Waals surface area contributed by atoms with Crippen LogP contribution in [-0.4, -0.2) is 14.5 Å². The van der Waals surface area contributed by atoms with Gasteiger partial charge in [-0.25, -0.2) is 4.39 Å². The number of rotatable bonds is 8. The smallest absolute Gasteiger partial charge is 0.130 e. The van der Waals surface area contributed by atoms with E-state index >= 15 is 0 Å². The molecule has 0 fully saturated rings. The van der Waals surface area contributed by atoms with E-state index in [0.29, 0.717) is 16.7 Å². The molecule has 0 bridgehead atoms. The summed E-state index contributed by atoms with van der Waals surface area (Å²) in [6.07, 6.45) is 1.70. The normalized spacial score (nSPS) is 11.6. The number of fused-ring (bicyclic) bond motifs is 4. The molecule has 7 heteroatoms. The van der Waals surface area contributed by atoms with Crippen LogP contribution in [-0.2, 0) is 25.8 Å². The van der Waals surface area contributed by atoms with E-state index in [4.69, 9.17) is 9.40 Å². The van der Waals surface area contributed by atoms with E-state index in [2.05, 4.69) is 134 Å². The molecule has 0 atom stereocenters. The first kappa shape index (κ1) is 44.1. The molecule has 10 rings (SSSR count). The summed E-state index contributed by atoms with van der Waals surface area (Å²) < 4.78 is 36.4. The summed E-state index contributed by atoms with van der Waals surface area (Å²) in [4.78, 5) is 9.39. The van der Waals surface area contributed by atoms with Gasteiger partial charge in [-0.1, -0.05) is 130 Å². The largest absolute Gasteiger partial charge is 0.501 e. The Morgan fingerprint density at radius 3 is 1.95 bits per heavy atom. The predicted molar refractivity (Wildman–Crippen MR) is 254 cm³/mol. The summed E-state index contributed by atoms with van der Waals surface area (Å²) in [5, 5.41) is 1.90. The minimum Gasteiger partial charge on any atom is -0.501 e. The Bertz CT molecular complexity index is 3170. The molecule has 10 aromatic rings. The monoisotopic (exact) mass is 1020 g/mol. The Labute approximate surface area is 387 Å². The number of furan rings is 1. The van der Waals surface area contributed by atoms with Crippen molar-refractivity contribution in [1.29, 1.82) is 0 Å². The van der Waals surface area contributed by atoms with Gasteiger partial charge in [0.05, 0.1) is 22.4 Å². The van der Waals surface area contributed by atoms with Gasteiger partial charge in [-0.05, 0) is 107 Å². The number of aromatic nitrogens is 3. The minimum atomic E-state index is -1.48. The third-order valence-electron chi connectivity index (χ3n) is 11.6. The quantitative estimate of drug-likeness (QED) is 0.142. The fraction of sp³-hybridized carbons (Fsp3) is 0.158. The van der Waals surface area contributed by atoms with Gasteiger partial charge in [0.15, 0.2) is 0 Å². The maximum absolute atomic E-state index is 15.0. The van der Waals surface area contributed by atoms with Crippen molar-refractivity contribution in [2.45, 2.75) is 59.0 Å². The van der Waals surface area contributed by atoms with Crippen molar-refractivity contribution in [2.24, 2.45) is 0 Å². The van der Waals surface area contributed by atoms with Gasteiger partial charge in [0.2, 0.25) is 0 Å². The molecular formula is C57H47F2IrN3O-2. The zero-order valence-electron chi connectivity index (χ0n) is 36.6. The molecule has 321 valence electrons. The third-order valence-corrected chi connectivity index (χ3v) is 11.6. The number of para-hydroxylation sites is 2. The molecule has 64 heavy (non-hydrogen) atoms. The molecule has 7 aromatic carbocycles. The summed E-state index contributed by atoms with van der Waals surface area (Å²) in [5.41, 5.74) is 13.2. The van der Waals surface area contributed by atoms with Gasteiger partial charge in [-0.3, -0.25) is 9.37 Å². The second-order valence-corrected chi connectivity index (χ2v) is 17.0. The Morgan fingerprint density at radius 1 is 0.656 bits per heavy atom. The van der Waals surface area contributed by atoms with Crippen LogP contribution in [0, 0.1) is 17.9 Å². The zero-order chi connectivity index (χ0) is 43.8. The Morgan fingerprint density at radius 2 is 1.31 bits per heavy atom. The first-order valence-electron chi connectivity index (χ1n) is 21.4. The second-order valence-electron chi connectivity index (χ2n) is 17.0. The maximum Gasteiger partial charge on any atom is 0.130 e. The molecule has 4 nitrogen and oxygen atoms in total. The van der Waals surface area contributed by atoms with E-state index < -0.39 is 5.67 Å². The first-order valence-corrected chi connectivity index (χ1v) is 21.4. The number of pyridine rings is 1. The summed E-state index contributed by atoms with van der Waals surface area (Å²) in [6, 6.07) is 58.3. The second kappa shape index (κ2) is 18.3. The van der Waals surface area contributed by atoms with Gasteiger partial charge in [-0.2, -0.15) is 0 Å². The number of nitrogens with zero attached hydrogens (tertiary/aromatic N) is 3. The van der Waals surface area contributed by atoms with Gasteiger partial charge in [-0.15, -0.1) is 48.0 Å². The van der Waals surface area contributed by atoms with Crippen molar-refractivity contribution >= 4 is 33.0 Å². The van der Waals surface area contributed by atoms with Crippen LogP contribution < -0.4 is 0 Å². The van der Waals surface area contributed by atoms with E-state index in [-0.39, 0.29) is 37.8 Å². The van der Waals surface area contributed by atoms with Gasteiger partial charge in [0, 0.05) is 43.2 Å². The van der Waals surface area contributed by atoms with E-state index in [9.17, 15) is 8.78 Å². The topological polar surface area (TPSA) is 43.9 Å². The zero-order valence-corrected chi connectivity index (χ0v) is 39.0. The average Bonchev–Trinajstić information content (AvgIpc) is 3.88. The summed E-state index contributed by atoms with van der Waals surface area (Å²) in [6.45, 7) is 12.2. The number of hydrogen-bond acceptors (Lipinski definition) is 3. The van der Waals surface area contributed by atoms with Crippen LogP contribution >= 0.6 is 0 Å². The Balaban J connectivity index is 0.000000343. The molecule has 3 aromatic heterocycles. The fourth-order valence-corrected chi connectivity index (χ4v) is 8.26. The molecule has 0 spiro atoms. The van der Waals surface area contributed by atoms with Gasteiger partial charge >= 0.3 is 0 Å². The summed E-state index contributed by atoms with van der Waals surface area (Å²) in [5.74, 6) is 0.951. The third kappa shape index (κ3) is 8.71. The van der Waals surface area contributed by atoms with Crippen molar-refractivity contribution in [3.05, 3.63) is 199 Å². The van der Waals surface area contributed by atoms with Gasteiger partial charge in [0.25, 0.3) is 0 Å². The number of alkyl halides is 1. The van der Waals surface area contributed by atoms with E-state index in [1.165, 1.54) is 45.5 Å². The molecule has 0 saturated carbocycles. The van der Waals surface area contributed by atoms with Crippen LogP contribution in [0.1, 0.15) is 70.1 Å². The van der Waals surface area contributed by atoms with E-state index in [0.717, 1.165) is 50.1 Å². The van der Waals surface area contributed by atoms with Crippen LogP contribution in [0.2, 0.25) is 0 Å². The first-order chi connectivity index (χ1) is 30.4. The van der Waals surface area contributed by atoms with Crippen molar-refractivity contribution in [2.75, 3.05) is 0 Å². The molecule has 3 heterocycles. The van der Waals surface area contributed by atoms with Gasteiger partial charge < -0.3 is 14.0 Å². The van der Waals surface area contributed by atoms with Crippen LogP contribution in [0.5, 0.6) is 0 Å². The molecule has 0 N–H and O–H groups in total. The molecule has 0 aliphatic carbocycles. The van der Waals surface area contributed by atoms with Crippen molar-refractivity contribution < 1.29 is 33.3 Å². The number of hydrogen-bond donors (Lipinski definition) is 0. The summed E-state index contributed by atoms with van der Waals surface area (Å²) >= 11 is 0. The molecular weight excluding hydrogens is 973 g/mol. The summed E-state index contributed by atoms with van der Waals surface area (Å²) in [7, 11) is 0. The average molecular weight is 1020 g/mol. The van der Waals surface area contributed by atoms with E-state index in [1.807, 2.05) is 54.6 Å². The minimum absolute atomic E-state index is 0. The molecule has 0 saturated heterocycles. The number of imidazole rings is 1. The number of benzene rings is 7. The van der Waals surface area contributed by atoms with Crippen molar-refractivity contribution in [3.8, 4) is 50.6 Å². The van der Waals surface area contributed by atoms with E-state index in [1.54, 1.807) is 26.1 Å². The Hall–Kier alpha value is -6.53.